The van der Waals surface area contributed by atoms with Gasteiger partial charge in [-0.1, -0.05) is 29.3 Å². The third kappa shape index (κ3) is 3.79. The summed E-state index contributed by atoms with van der Waals surface area (Å²) in [4.78, 5) is 39.0. The lowest BCUT2D eigenvalue weighted by atomic mass is 10.1. The number of nitro benzene ring substituents is 1. The number of nitrogens with zero attached hydrogens (tertiary/aromatic N) is 3. The van der Waals surface area contributed by atoms with E-state index in [2.05, 4.69) is 0 Å². The standard InChI is InChI=1S/C21H18Cl2N4O5/c1-24-5-7-25(8-6-24)17-10-16-12(9-18(17)27(31)32)20(28)13(21(29)30)11-26(16)19-14(22)3-2-4-15(19)23/h2-4,9-11H,5-8H2,1H3,(H,29,30). The number of halogens is 2. The number of para-hydroxylation sites is 1. The number of carboxylic acids is 1. The number of hydrogen-bond donors (Lipinski definition) is 1. The summed E-state index contributed by atoms with van der Waals surface area (Å²) in [6, 6.07) is 7.41. The van der Waals surface area contributed by atoms with E-state index < -0.39 is 21.9 Å². The highest BCUT2D eigenvalue weighted by Gasteiger charge is 2.27. The molecule has 9 nitrogen and oxygen atoms in total. The summed E-state index contributed by atoms with van der Waals surface area (Å²) in [5.41, 5.74) is -0.961. The van der Waals surface area contributed by atoms with Gasteiger partial charge in [0.05, 0.1) is 76.3 Å². The van der Waals surface area contributed by atoms with Crippen molar-refractivity contribution in [2.24, 2.45) is 0 Å². The number of carboxylic acid groups (broad SMARTS) is 1. The lowest BCUT2D eigenvalue weighted by Crippen LogP contribution is -3.12. The van der Waals surface area contributed by atoms with Crippen LogP contribution in [0, 0.1) is 10.1 Å². The van der Waals surface area contributed by atoms with Crippen molar-refractivity contribution in [3.8, 4) is 5.69 Å². The average molecular weight is 477 g/mol. The number of aromatic carboxylic acids is 1. The van der Waals surface area contributed by atoms with Gasteiger partial charge in [-0.3, -0.25) is 14.9 Å². The number of carbonyl (C=O) groups excluding carboxylic acids is 1. The number of pyridine rings is 1. The van der Waals surface area contributed by atoms with E-state index in [-0.39, 0.29) is 32.3 Å². The van der Waals surface area contributed by atoms with Gasteiger partial charge < -0.3 is 24.3 Å². The third-order valence-electron chi connectivity index (χ3n) is 5.65. The molecular formula is C21H18Cl2N4O5. The molecule has 0 amide bonds. The fraction of sp³-hybridized carbons (Fsp3) is 0.238. The van der Waals surface area contributed by atoms with Gasteiger partial charge in [0.2, 0.25) is 0 Å². The maximum absolute atomic E-state index is 12.9. The monoisotopic (exact) mass is 476 g/mol. The molecule has 1 aliphatic rings. The summed E-state index contributed by atoms with van der Waals surface area (Å²) in [6.07, 6.45) is 1.09. The average Bonchev–Trinajstić information content (AvgIpc) is 2.74. The number of anilines is 1. The zero-order valence-electron chi connectivity index (χ0n) is 16.9. The van der Waals surface area contributed by atoms with Crippen molar-refractivity contribution in [3.63, 3.8) is 0 Å². The molecule has 11 heteroatoms. The van der Waals surface area contributed by atoms with Crippen LogP contribution in [0.25, 0.3) is 16.6 Å². The van der Waals surface area contributed by atoms with E-state index in [4.69, 9.17) is 23.2 Å². The van der Waals surface area contributed by atoms with Crippen LogP contribution in [-0.4, -0.2) is 48.7 Å². The minimum absolute atomic E-state index is 0.141. The van der Waals surface area contributed by atoms with Crippen molar-refractivity contribution in [2.75, 3.05) is 38.1 Å². The fourth-order valence-electron chi connectivity index (χ4n) is 3.93. The summed E-state index contributed by atoms with van der Waals surface area (Å²) >= 11 is 12.7. The second-order valence-electron chi connectivity index (χ2n) is 7.66. The number of benzene rings is 2. The van der Waals surface area contributed by atoms with Crippen LogP contribution in [0.1, 0.15) is 10.4 Å². The molecule has 1 aliphatic heterocycles. The summed E-state index contributed by atoms with van der Waals surface area (Å²) in [5, 5.41) is 23.8. The highest BCUT2D eigenvalue weighted by Crippen LogP contribution is 2.36. The third-order valence-corrected chi connectivity index (χ3v) is 6.26. The van der Waals surface area contributed by atoms with Crippen molar-refractivity contribution < 1.29 is 19.7 Å². The summed E-state index contributed by atoms with van der Waals surface area (Å²) in [7, 11) is 2.05. The minimum Gasteiger partial charge on any atom is -0.545 e. The molecule has 0 aliphatic carbocycles. The predicted molar refractivity (Wildman–Crippen MR) is 119 cm³/mol. The fourth-order valence-corrected chi connectivity index (χ4v) is 4.51. The molecular weight excluding hydrogens is 459 g/mol. The maximum Gasteiger partial charge on any atom is 0.293 e. The van der Waals surface area contributed by atoms with Crippen LogP contribution < -0.4 is 20.3 Å². The largest absolute Gasteiger partial charge is 0.545 e. The highest BCUT2D eigenvalue weighted by atomic mass is 35.5. The molecule has 32 heavy (non-hydrogen) atoms. The maximum atomic E-state index is 12.9. The number of piperazine rings is 1. The molecule has 0 atom stereocenters. The number of nitrogens with one attached hydrogen (secondary N) is 1. The topological polar surface area (TPSA) is 113 Å². The molecule has 166 valence electrons. The molecule has 0 saturated carbocycles. The Hall–Kier alpha value is -3.14. The lowest BCUT2D eigenvalue weighted by Gasteiger charge is -2.31. The molecule has 1 fully saturated rings. The van der Waals surface area contributed by atoms with Crippen LogP contribution in [-0.2, 0) is 0 Å². The van der Waals surface area contributed by atoms with E-state index in [0.29, 0.717) is 18.8 Å². The van der Waals surface area contributed by atoms with Crippen LogP contribution in [0.15, 0.2) is 41.3 Å². The van der Waals surface area contributed by atoms with Crippen LogP contribution in [0.4, 0.5) is 11.4 Å². The summed E-state index contributed by atoms with van der Waals surface area (Å²) in [5.74, 6) is -1.71. The van der Waals surface area contributed by atoms with Gasteiger partial charge in [-0.25, -0.2) is 0 Å². The Labute approximate surface area is 192 Å². The Balaban J connectivity index is 2.10. The van der Waals surface area contributed by atoms with Crippen molar-refractivity contribution in [1.29, 1.82) is 0 Å². The number of carbonyl (C=O) groups is 1. The van der Waals surface area contributed by atoms with E-state index in [0.717, 1.165) is 25.4 Å². The van der Waals surface area contributed by atoms with Gasteiger partial charge in [0.1, 0.15) is 5.69 Å². The number of nitro groups is 1. The van der Waals surface area contributed by atoms with Crippen molar-refractivity contribution in [1.82, 2.24) is 4.57 Å². The SMILES string of the molecule is C[NH+]1CCN(c2cc3c(cc2[N+](=O)[O-])c(=O)c(C(=O)[O-])cn3-c2c(Cl)cccc2Cl)CC1. The Morgan fingerprint density at radius 2 is 1.78 bits per heavy atom. The normalized spacial score (nSPS) is 14.7. The first kappa shape index (κ1) is 22.1. The Bertz CT molecular complexity index is 1300. The zero-order valence-corrected chi connectivity index (χ0v) is 18.4. The lowest BCUT2D eigenvalue weighted by molar-refractivity contribution is -0.880. The number of rotatable bonds is 4. The van der Waals surface area contributed by atoms with Crippen LogP contribution >= 0.6 is 23.2 Å². The van der Waals surface area contributed by atoms with E-state index in [1.54, 1.807) is 18.2 Å². The van der Waals surface area contributed by atoms with E-state index in [9.17, 15) is 24.8 Å². The van der Waals surface area contributed by atoms with Crippen LogP contribution in [0.2, 0.25) is 10.0 Å². The molecule has 3 aromatic rings. The van der Waals surface area contributed by atoms with E-state index >= 15 is 0 Å². The van der Waals surface area contributed by atoms with Gasteiger partial charge in [0.15, 0.2) is 5.43 Å². The second-order valence-corrected chi connectivity index (χ2v) is 8.47. The smallest absolute Gasteiger partial charge is 0.293 e. The van der Waals surface area contributed by atoms with Crippen LogP contribution in [0.3, 0.4) is 0 Å². The van der Waals surface area contributed by atoms with Gasteiger partial charge in [-0.05, 0) is 18.2 Å². The van der Waals surface area contributed by atoms with Crippen LogP contribution in [0.5, 0.6) is 0 Å². The molecule has 4 rings (SSSR count). The zero-order chi connectivity index (χ0) is 23.2. The van der Waals surface area contributed by atoms with Crippen molar-refractivity contribution in [2.45, 2.75) is 0 Å². The van der Waals surface area contributed by atoms with E-state index in [1.165, 1.54) is 15.5 Å². The first-order valence-electron chi connectivity index (χ1n) is 9.79. The van der Waals surface area contributed by atoms with Gasteiger partial charge in [-0.2, -0.15) is 0 Å². The van der Waals surface area contributed by atoms with Crippen molar-refractivity contribution >= 4 is 51.4 Å². The molecule has 0 bridgehead atoms. The number of aromatic nitrogens is 1. The summed E-state index contributed by atoms with van der Waals surface area (Å²) in [6.45, 7) is 2.77. The predicted octanol–water partition coefficient (Wildman–Crippen LogP) is 0.904. The molecule has 2 heterocycles. The number of fused-ring (bicyclic) bond motifs is 1. The Kier molecular flexibility index (Phi) is 5.81. The van der Waals surface area contributed by atoms with Gasteiger partial charge in [-0.15, -0.1) is 0 Å². The summed E-state index contributed by atoms with van der Waals surface area (Å²) < 4.78 is 1.38. The second kappa shape index (κ2) is 8.42. The first-order valence-corrected chi connectivity index (χ1v) is 10.5. The van der Waals surface area contributed by atoms with Gasteiger partial charge in [0.25, 0.3) is 5.69 Å². The number of likely N-dealkylation sites (N-methyl/N-ethyl adjacent to an activating group) is 1. The molecule has 0 unspecified atom stereocenters. The Morgan fingerprint density at radius 3 is 2.34 bits per heavy atom. The van der Waals surface area contributed by atoms with Crippen molar-refractivity contribution in [3.05, 3.63) is 72.5 Å². The number of hydrogen-bond acceptors (Lipinski definition) is 6. The Morgan fingerprint density at radius 1 is 1.16 bits per heavy atom. The molecule has 2 aromatic carbocycles. The quantitative estimate of drug-likeness (QED) is 0.442. The molecule has 1 N–H and O–H groups in total. The highest BCUT2D eigenvalue weighted by molar-refractivity contribution is 6.37. The van der Waals surface area contributed by atoms with Gasteiger partial charge >= 0.3 is 0 Å². The molecule has 0 radical (unpaired) electrons. The first-order chi connectivity index (χ1) is 15.2. The minimum atomic E-state index is -1.71. The molecule has 1 saturated heterocycles. The molecule has 1 aromatic heterocycles. The van der Waals surface area contributed by atoms with Gasteiger partial charge in [0, 0.05) is 12.3 Å². The number of quaternary nitrogens is 1. The molecule has 0 spiro atoms. The van der Waals surface area contributed by atoms with E-state index in [1.807, 2.05) is 11.9 Å².